The van der Waals surface area contributed by atoms with E-state index in [4.69, 9.17) is 9.47 Å². The number of hydrogen-bond donors (Lipinski definition) is 2. The Kier molecular flexibility index (Phi) is 5.11. The molecule has 2 N–H and O–H groups in total. The smallest absolute Gasteiger partial charge is 0.451 e. The zero-order valence-electron chi connectivity index (χ0n) is 15.8. The van der Waals surface area contributed by atoms with Crippen LogP contribution in [0.3, 0.4) is 0 Å². The number of imidazole rings is 2. The lowest BCUT2D eigenvalue weighted by atomic mass is 10.2. The standard InChI is InChI=1S/C17H17F3N8O2/c1-9(30-10-3-4-29-7-10)6-28-13(11-5-22-8-23-11)12(24-16(28)21-2)14-25-15(27-26-14)17(18,19)20/h5-6,8,10H,2-4,7H2,1H3,(H,22,23)(H,25,26,27)/b9-6+. The van der Waals surface area contributed by atoms with Crippen LogP contribution in [0.25, 0.3) is 29.1 Å². The monoisotopic (exact) mass is 422 g/mol. The summed E-state index contributed by atoms with van der Waals surface area (Å²) < 4.78 is 51.6. The highest BCUT2D eigenvalue weighted by Gasteiger charge is 2.36. The first-order valence-electron chi connectivity index (χ1n) is 8.87. The molecular formula is C17H17F3N8O2. The Morgan fingerprint density at radius 1 is 1.43 bits per heavy atom. The van der Waals surface area contributed by atoms with Crippen molar-refractivity contribution in [2.75, 3.05) is 13.2 Å². The number of aliphatic imine (C=N–C) groups is 1. The van der Waals surface area contributed by atoms with Gasteiger partial charge >= 0.3 is 6.18 Å². The third kappa shape index (κ3) is 3.83. The van der Waals surface area contributed by atoms with E-state index in [2.05, 4.69) is 36.7 Å². The Bertz CT molecular complexity index is 1060. The number of aromatic amines is 2. The van der Waals surface area contributed by atoms with Crippen molar-refractivity contribution in [1.29, 1.82) is 0 Å². The Labute approximate surface area is 167 Å². The van der Waals surface area contributed by atoms with Gasteiger partial charge < -0.3 is 14.5 Å². The third-order valence-electron chi connectivity index (χ3n) is 4.30. The molecule has 158 valence electrons. The Morgan fingerprint density at radius 3 is 2.87 bits per heavy atom. The summed E-state index contributed by atoms with van der Waals surface area (Å²) in [6, 6.07) is 0. The van der Waals surface area contributed by atoms with Crippen molar-refractivity contribution >= 4 is 18.9 Å². The highest BCUT2D eigenvalue weighted by molar-refractivity contribution is 5.77. The summed E-state index contributed by atoms with van der Waals surface area (Å²) in [5, 5.41) is 5.57. The number of nitrogens with one attached hydrogen (secondary N) is 2. The van der Waals surface area contributed by atoms with Gasteiger partial charge in [-0.2, -0.15) is 18.3 Å². The number of alkyl halides is 3. The second-order valence-corrected chi connectivity index (χ2v) is 6.45. The van der Waals surface area contributed by atoms with Gasteiger partial charge in [-0.25, -0.2) is 19.9 Å². The maximum Gasteiger partial charge on any atom is 0.451 e. The molecule has 1 atom stereocenters. The first-order valence-corrected chi connectivity index (χ1v) is 8.87. The van der Waals surface area contributed by atoms with Crippen molar-refractivity contribution in [3.63, 3.8) is 0 Å². The van der Waals surface area contributed by atoms with Crippen molar-refractivity contribution in [3.8, 4) is 22.9 Å². The number of nitrogens with zero attached hydrogens (tertiary/aromatic N) is 6. The Hall–Kier alpha value is -3.48. The predicted molar refractivity (Wildman–Crippen MR) is 99.7 cm³/mol. The lowest BCUT2D eigenvalue weighted by Crippen LogP contribution is -2.11. The molecule has 1 saturated heterocycles. The van der Waals surface area contributed by atoms with Crippen LogP contribution in [0.4, 0.5) is 19.1 Å². The fourth-order valence-electron chi connectivity index (χ4n) is 3.03. The van der Waals surface area contributed by atoms with Crippen LogP contribution < -0.4 is 0 Å². The minimum Gasteiger partial charge on any atom is -0.491 e. The highest BCUT2D eigenvalue weighted by atomic mass is 19.4. The van der Waals surface area contributed by atoms with Crippen molar-refractivity contribution in [3.05, 3.63) is 24.1 Å². The van der Waals surface area contributed by atoms with Crippen LogP contribution in [0.1, 0.15) is 19.2 Å². The van der Waals surface area contributed by atoms with E-state index in [0.717, 1.165) is 6.42 Å². The Morgan fingerprint density at radius 2 is 2.27 bits per heavy atom. The quantitative estimate of drug-likeness (QED) is 0.466. The molecule has 13 heteroatoms. The average molecular weight is 422 g/mol. The normalized spacial score (nSPS) is 17.5. The fraction of sp³-hybridized carbons (Fsp3) is 0.353. The van der Waals surface area contributed by atoms with Gasteiger partial charge in [-0.3, -0.25) is 9.67 Å². The van der Waals surface area contributed by atoms with E-state index in [9.17, 15) is 13.2 Å². The molecule has 0 bridgehead atoms. The topological polar surface area (TPSA) is 119 Å². The van der Waals surface area contributed by atoms with Gasteiger partial charge in [0, 0.05) is 6.42 Å². The zero-order chi connectivity index (χ0) is 21.3. The average Bonchev–Trinajstić information content (AvgIpc) is 3.47. The van der Waals surface area contributed by atoms with Crippen molar-refractivity contribution in [2.45, 2.75) is 25.6 Å². The summed E-state index contributed by atoms with van der Waals surface area (Å²) >= 11 is 0. The van der Waals surface area contributed by atoms with E-state index in [1.165, 1.54) is 17.1 Å². The second-order valence-electron chi connectivity index (χ2n) is 6.45. The lowest BCUT2D eigenvalue weighted by molar-refractivity contribution is -0.144. The number of rotatable bonds is 6. The van der Waals surface area contributed by atoms with Crippen LogP contribution in [0.2, 0.25) is 0 Å². The van der Waals surface area contributed by atoms with E-state index in [1.807, 2.05) is 5.10 Å². The maximum atomic E-state index is 13.0. The molecule has 1 unspecified atom stereocenters. The molecule has 0 radical (unpaired) electrons. The van der Waals surface area contributed by atoms with Crippen molar-refractivity contribution in [2.24, 2.45) is 4.99 Å². The zero-order valence-corrected chi connectivity index (χ0v) is 15.8. The maximum absolute atomic E-state index is 13.0. The van der Waals surface area contributed by atoms with E-state index >= 15 is 0 Å². The number of allylic oxidation sites excluding steroid dienone is 1. The summed E-state index contributed by atoms with van der Waals surface area (Å²) in [5.41, 5.74) is 0.897. The van der Waals surface area contributed by atoms with Crippen molar-refractivity contribution < 1.29 is 22.6 Å². The van der Waals surface area contributed by atoms with Gasteiger partial charge in [0.2, 0.25) is 17.6 Å². The minimum absolute atomic E-state index is 0.0710. The van der Waals surface area contributed by atoms with E-state index in [-0.39, 0.29) is 23.6 Å². The number of hydrogen-bond acceptors (Lipinski definition) is 7. The molecular weight excluding hydrogens is 405 g/mol. The van der Waals surface area contributed by atoms with Gasteiger partial charge in [-0.1, -0.05) is 0 Å². The fourth-order valence-corrected chi connectivity index (χ4v) is 3.03. The summed E-state index contributed by atoms with van der Waals surface area (Å²) in [6.07, 6.45) is 0.553. The predicted octanol–water partition coefficient (Wildman–Crippen LogP) is 3.03. The highest BCUT2D eigenvalue weighted by Crippen LogP contribution is 2.35. The van der Waals surface area contributed by atoms with Crippen molar-refractivity contribution in [1.82, 2.24) is 34.7 Å². The number of ether oxygens (including phenoxy) is 2. The summed E-state index contributed by atoms with van der Waals surface area (Å²) in [5.74, 6) is -0.816. The van der Waals surface area contributed by atoms with Crippen LogP contribution in [-0.4, -0.2) is 60.7 Å². The molecule has 0 spiro atoms. The number of aromatic nitrogens is 7. The third-order valence-corrected chi connectivity index (χ3v) is 4.30. The summed E-state index contributed by atoms with van der Waals surface area (Å²) in [7, 11) is 0. The summed E-state index contributed by atoms with van der Waals surface area (Å²) in [6.45, 7) is 6.35. The minimum atomic E-state index is -4.67. The molecule has 10 nitrogen and oxygen atoms in total. The van der Waals surface area contributed by atoms with Gasteiger partial charge in [-0.15, -0.1) is 0 Å². The first kappa shape index (κ1) is 19.8. The van der Waals surface area contributed by atoms with Gasteiger partial charge in [-0.05, 0) is 13.6 Å². The SMILES string of the molecule is C=Nc1nc(-c2n[nH]c(C(F)(F)F)n2)c(-c2cnc[nH]2)n1/C=C(\C)OC1CCOC1. The molecule has 3 aromatic heterocycles. The molecule has 0 aromatic carbocycles. The Balaban J connectivity index is 1.81. The molecule has 4 rings (SSSR count). The second kappa shape index (κ2) is 7.74. The molecule has 1 fully saturated rings. The first-order chi connectivity index (χ1) is 14.4. The van der Waals surface area contributed by atoms with Crippen LogP contribution in [0.15, 0.2) is 23.3 Å². The van der Waals surface area contributed by atoms with Crippen LogP contribution in [0.5, 0.6) is 0 Å². The lowest BCUT2D eigenvalue weighted by Gasteiger charge is -2.13. The number of halogens is 3. The van der Waals surface area contributed by atoms with Gasteiger partial charge in [0.15, 0.2) is 0 Å². The van der Waals surface area contributed by atoms with E-state index in [1.54, 1.807) is 13.1 Å². The molecule has 30 heavy (non-hydrogen) atoms. The molecule has 0 saturated carbocycles. The summed E-state index contributed by atoms with van der Waals surface area (Å²) in [4.78, 5) is 18.6. The van der Waals surface area contributed by atoms with Crippen LogP contribution in [0, 0.1) is 0 Å². The molecule has 0 amide bonds. The van der Waals surface area contributed by atoms with Crippen LogP contribution in [-0.2, 0) is 15.7 Å². The molecule has 4 heterocycles. The number of H-pyrrole nitrogens is 2. The molecule has 3 aromatic rings. The molecule has 0 aliphatic carbocycles. The van der Waals surface area contributed by atoms with E-state index < -0.39 is 12.0 Å². The van der Waals surface area contributed by atoms with Crippen LogP contribution >= 0.6 is 0 Å². The van der Waals surface area contributed by atoms with Gasteiger partial charge in [0.1, 0.15) is 23.3 Å². The van der Waals surface area contributed by atoms with Gasteiger partial charge in [0.25, 0.3) is 0 Å². The van der Waals surface area contributed by atoms with E-state index in [0.29, 0.717) is 30.4 Å². The largest absolute Gasteiger partial charge is 0.491 e. The molecule has 1 aliphatic rings. The molecule has 1 aliphatic heterocycles. The van der Waals surface area contributed by atoms with Gasteiger partial charge in [0.05, 0.1) is 37.6 Å².